The van der Waals surface area contributed by atoms with Gasteiger partial charge in [0.2, 0.25) is 0 Å². The summed E-state index contributed by atoms with van der Waals surface area (Å²) in [6.07, 6.45) is 1.05. The Morgan fingerprint density at radius 2 is 1.79 bits per heavy atom. The molecule has 0 radical (unpaired) electrons. The van der Waals surface area contributed by atoms with E-state index in [0.717, 1.165) is 0 Å². The van der Waals surface area contributed by atoms with Crippen LogP contribution in [0.2, 0.25) is 0 Å². The first kappa shape index (κ1) is 18.2. The van der Waals surface area contributed by atoms with E-state index in [9.17, 15) is 13.6 Å². The highest BCUT2D eigenvalue weighted by Crippen LogP contribution is 2.24. The molecule has 1 amide bonds. The van der Waals surface area contributed by atoms with E-state index in [4.69, 9.17) is 9.26 Å². The summed E-state index contributed by atoms with van der Waals surface area (Å²) < 4.78 is 37.7. The van der Waals surface area contributed by atoms with Crippen molar-refractivity contribution >= 4 is 5.91 Å². The molecule has 7 heteroatoms. The number of piperidine rings is 1. The van der Waals surface area contributed by atoms with Crippen LogP contribution in [-0.4, -0.2) is 35.2 Å². The largest absolute Gasteiger partial charge is 0.487 e. The molecule has 0 spiro atoms. The van der Waals surface area contributed by atoms with Gasteiger partial charge in [-0.3, -0.25) is 4.79 Å². The smallest absolute Gasteiger partial charge is 0.276 e. The van der Waals surface area contributed by atoms with Crippen LogP contribution < -0.4 is 4.74 Å². The number of benzene rings is 2. The van der Waals surface area contributed by atoms with Crippen molar-refractivity contribution in [1.82, 2.24) is 10.1 Å². The fourth-order valence-electron chi connectivity index (χ4n) is 3.18. The van der Waals surface area contributed by atoms with E-state index in [-0.39, 0.29) is 29.3 Å². The lowest BCUT2D eigenvalue weighted by molar-refractivity contribution is 0.0579. The maximum atomic E-state index is 13.7. The first-order chi connectivity index (χ1) is 13.6. The van der Waals surface area contributed by atoms with Crippen LogP contribution >= 0.6 is 0 Å². The van der Waals surface area contributed by atoms with Crippen LogP contribution in [0, 0.1) is 11.6 Å². The summed E-state index contributed by atoms with van der Waals surface area (Å²) >= 11 is 0. The number of nitrogens with zero attached hydrogens (tertiary/aromatic N) is 2. The molecule has 144 valence electrons. The molecule has 0 unspecified atom stereocenters. The second kappa shape index (κ2) is 7.80. The third-order valence-corrected chi connectivity index (χ3v) is 4.72. The number of aromatic nitrogens is 1. The molecule has 0 atom stereocenters. The SMILES string of the molecule is O=C(c1cc(-c2ccc(F)cc2)on1)N1CCC(Oc2ccccc2F)CC1. The molecule has 0 saturated carbocycles. The number of hydrogen-bond donors (Lipinski definition) is 0. The third-order valence-electron chi connectivity index (χ3n) is 4.72. The van der Waals surface area contributed by atoms with E-state index in [1.54, 1.807) is 41.3 Å². The zero-order chi connectivity index (χ0) is 19.5. The Bertz CT molecular complexity index is 964. The summed E-state index contributed by atoms with van der Waals surface area (Å²) in [6, 6.07) is 13.6. The lowest BCUT2D eigenvalue weighted by atomic mass is 10.1. The predicted octanol–water partition coefficient (Wildman–Crippen LogP) is 4.30. The Labute approximate surface area is 160 Å². The number of ether oxygens (including phenoxy) is 1. The van der Waals surface area contributed by atoms with Crippen LogP contribution in [0.3, 0.4) is 0 Å². The molecular formula is C21H18F2N2O3. The summed E-state index contributed by atoms with van der Waals surface area (Å²) in [5.41, 5.74) is 0.845. The van der Waals surface area contributed by atoms with Crippen LogP contribution in [0.25, 0.3) is 11.3 Å². The maximum Gasteiger partial charge on any atom is 0.276 e. The monoisotopic (exact) mass is 384 g/mol. The Morgan fingerprint density at radius 3 is 2.50 bits per heavy atom. The van der Waals surface area contributed by atoms with E-state index in [0.29, 0.717) is 37.3 Å². The molecule has 5 nitrogen and oxygen atoms in total. The Kier molecular flexibility index (Phi) is 5.06. The summed E-state index contributed by atoms with van der Waals surface area (Å²) in [6.45, 7) is 0.966. The highest BCUT2D eigenvalue weighted by Gasteiger charge is 2.27. The van der Waals surface area contributed by atoms with Gasteiger partial charge in [-0.25, -0.2) is 8.78 Å². The van der Waals surface area contributed by atoms with Gasteiger partial charge in [0.15, 0.2) is 23.0 Å². The molecule has 1 aromatic heterocycles. The van der Waals surface area contributed by atoms with E-state index < -0.39 is 5.82 Å². The predicted molar refractivity (Wildman–Crippen MR) is 97.9 cm³/mol. The molecule has 28 heavy (non-hydrogen) atoms. The topological polar surface area (TPSA) is 55.6 Å². The summed E-state index contributed by atoms with van der Waals surface area (Å²) in [5, 5.41) is 3.85. The van der Waals surface area contributed by atoms with Crippen molar-refractivity contribution in [1.29, 1.82) is 0 Å². The van der Waals surface area contributed by atoms with Crippen molar-refractivity contribution in [3.05, 3.63) is 71.9 Å². The van der Waals surface area contributed by atoms with Gasteiger partial charge in [-0.05, 0) is 36.4 Å². The van der Waals surface area contributed by atoms with Crippen LogP contribution in [0.5, 0.6) is 5.75 Å². The van der Waals surface area contributed by atoms with E-state index >= 15 is 0 Å². The molecule has 1 aliphatic rings. The second-order valence-electron chi connectivity index (χ2n) is 6.62. The normalized spacial score (nSPS) is 14.9. The number of amides is 1. The molecular weight excluding hydrogens is 366 g/mol. The molecule has 0 aliphatic carbocycles. The van der Waals surface area contributed by atoms with E-state index in [2.05, 4.69) is 5.16 Å². The zero-order valence-electron chi connectivity index (χ0n) is 15.0. The number of rotatable bonds is 4. The standard InChI is InChI=1S/C21H18F2N2O3/c22-15-7-5-14(6-8-15)20-13-18(24-28-20)21(26)25-11-9-16(10-12-25)27-19-4-2-1-3-17(19)23/h1-8,13,16H,9-12H2. The molecule has 2 heterocycles. The van der Waals surface area contributed by atoms with E-state index in [1.807, 2.05) is 0 Å². The molecule has 1 saturated heterocycles. The first-order valence-electron chi connectivity index (χ1n) is 9.03. The van der Waals surface area contributed by atoms with Gasteiger partial charge in [-0.15, -0.1) is 0 Å². The van der Waals surface area contributed by atoms with Gasteiger partial charge in [0.05, 0.1) is 0 Å². The molecule has 2 aromatic carbocycles. The Balaban J connectivity index is 1.36. The minimum atomic E-state index is -0.392. The fourth-order valence-corrected chi connectivity index (χ4v) is 3.18. The number of halogens is 2. The average molecular weight is 384 g/mol. The molecule has 1 fully saturated rings. The molecule has 4 rings (SSSR count). The van der Waals surface area contributed by atoms with Crippen LogP contribution in [-0.2, 0) is 0 Å². The molecule has 1 aliphatic heterocycles. The molecule has 0 N–H and O–H groups in total. The first-order valence-corrected chi connectivity index (χ1v) is 9.03. The Morgan fingerprint density at radius 1 is 1.07 bits per heavy atom. The van der Waals surface area contributed by atoms with Gasteiger partial charge in [-0.1, -0.05) is 17.3 Å². The average Bonchev–Trinajstić information content (AvgIpc) is 3.20. The Hall–Kier alpha value is -3.22. The summed E-state index contributed by atoms with van der Waals surface area (Å²) in [4.78, 5) is 14.3. The lowest BCUT2D eigenvalue weighted by Gasteiger charge is -2.31. The number of carbonyl (C=O) groups excluding carboxylic acids is 1. The molecule has 3 aromatic rings. The van der Waals surface area contributed by atoms with Gasteiger partial charge in [0.25, 0.3) is 5.91 Å². The van der Waals surface area contributed by atoms with Crippen molar-refractivity contribution in [3.8, 4) is 17.1 Å². The van der Waals surface area contributed by atoms with Crippen LogP contribution in [0.4, 0.5) is 8.78 Å². The third kappa shape index (κ3) is 3.88. The highest BCUT2D eigenvalue weighted by atomic mass is 19.1. The minimum Gasteiger partial charge on any atom is -0.487 e. The van der Waals surface area contributed by atoms with Gasteiger partial charge < -0.3 is 14.2 Å². The minimum absolute atomic E-state index is 0.145. The zero-order valence-corrected chi connectivity index (χ0v) is 15.0. The van der Waals surface area contributed by atoms with E-state index in [1.165, 1.54) is 18.2 Å². The summed E-state index contributed by atoms with van der Waals surface area (Å²) in [5.74, 6) is -0.341. The van der Waals surface area contributed by atoms with Crippen LogP contribution in [0.1, 0.15) is 23.3 Å². The number of likely N-dealkylation sites (tertiary alicyclic amines) is 1. The summed E-state index contributed by atoms with van der Waals surface area (Å²) in [7, 11) is 0. The maximum absolute atomic E-state index is 13.7. The fraction of sp³-hybridized carbons (Fsp3) is 0.238. The van der Waals surface area contributed by atoms with Gasteiger partial charge in [-0.2, -0.15) is 0 Å². The lowest BCUT2D eigenvalue weighted by Crippen LogP contribution is -2.42. The van der Waals surface area contributed by atoms with Crippen molar-refractivity contribution in [2.24, 2.45) is 0 Å². The number of hydrogen-bond acceptors (Lipinski definition) is 4. The highest BCUT2D eigenvalue weighted by molar-refractivity contribution is 5.93. The van der Waals surface area contributed by atoms with Crippen LogP contribution in [0.15, 0.2) is 59.1 Å². The number of carbonyl (C=O) groups is 1. The quantitative estimate of drug-likeness (QED) is 0.673. The van der Waals surface area contributed by atoms with Crippen molar-refractivity contribution < 1.29 is 22.8 Å². The van der Waals surface area contributed by atoms with Gasteiger partial charge in [0, 0.05) is 37.6 Å². The van der Waals surface area contributed by atoms with Crippen molar-refractivity contribution in [2.45, 2.75) is 18.9 Å². The number of para-hydroxylation sites is 1. The second-order valence-corrected chi connectivity index (χ2v) is 6.62. The molecule has 0 bridgehead atoms. The van der Waals surface area contributed by atoms with Gasteiger partial charge in [0.1, 0.15) is 11.9 Å². The van der Waals surface area contributed by atoms with Gasteiger partial charge >= 0.3 is 0 Å². The van der Waals surface area contributed by atoms with Crippen molar-refractivity contribution in [2.75, 3.05) is 13.1 Å². The van der Waals surface area contributed by atoms with Crippen molar-refractivity contribution in [3.63, 3.8) is 0 Å².